The molecule has 0 aliphatic carbocycles. The summed E-state index contributed by atoms with van der Waals surface area (Å²) in [7, 11) is 0. The predicted octanol–water partition coefficient (Wildman–Crippen LogP) is 3.16. The number of aliphatic carboxylic acids is 1. The van der Waals surface area contributed by atoms with Gasteiger partial charge in [-0.3, -0.25) is 4.79 Å². The third-order valence-corrected chi connectivity index (χ3v) is 3.35. The standard InChI is InChI=1S/C17H19NO2/c1-13(17(19)20)16-9-7-15(8-10-16)12-18-11-14-5-3-2-4-6-14/h2-10,13,18H,11-12H2,1H3,(H,19,20). The monoisotopic (exact) mass is 269 g/mol. The molecule has 20 heavy (non-hydrogen) atoms. The van der Waals surface area contributed by atoms with Crippen molar-refractivity contribution in [3.8, 4) is 0 Å². The van der Waals surface area contributed by atoms with Gasteiger partial charge in [-0.25, -0.2) is 0 Å². The van der Waals surface area contributed by atoms with E-state index in [1.807, 2.05) is 42.5 Å². The van der Waals surface area contributed by atoms with Gasteiger partial charge >= 0.3 is 5.97 Å². The van der Waals surface area contributed by atoms with Crippen LogP contribution in [0.5, 0.6) is 0 Å². The largest absolute Gasteiger partial charge is 0.481 e. The summed E-state index contributed by atoms with van der Waals surface area (Å²) in [6, 6.07) is 18.0. The van der Waals surface area contributed by atoms with Crippen molar-refractivity contribution in [1.29, 1.82) is 0 Å². The first-order valence-electron chi connectivity index (χ1n) is 6.73. The molecule has 0 fully saturated rings. The zero-order chi connectivity index (χ0) is 14.4. The maximum absolute atomic E-state index is 10.9. The summed E-state index contributed by atoms with van der Waals surface area (Å²) in [4.78, 5) is 10.9. The molecule has 0 aromatic heterocycles. The van der Waals surface area contributed by atoms with E-state index in [1.165, 1.54) is 5.56 Å². The molecule has 104 valence electrons. The Morgan fingerprint density at radius 3 is 2.10 bits per heavy atom. The molecule has 3 nitrogen and oxygen atoms in total. The van der Waals surface area contributed by atoms with E-state index in [1.54, 1.807) is 6.92 Å². The second-order valence-corrected chi connectivity index (χ2v) is 4.89. The van der Waals surface area contributed by atoms with Gasteiger partial charge in [-0.2, -0.15) is 0 Å². The number of hydrogen-bond acceptors (Lipinski definition) is 2. The molecule has 0 heterocycles. The number of carboxylic acid groups (broad SMARTS) is 1. The van der Waals surface area contributed by atoms with E-state index >= 15 is 0 Å². The fourth-order valence-electron chi connectivity index (χ4n) is 2.01. The van der Waals surface area contributed by atoms with Crippen molar-refractivity contribution in [1.82, 2.24) is 5.32 Å². The van der Waals surface area contributed by atoms with Crippen LogP contribution in [0.25, 0.3) is 0 Å². The molecule has 2 aromatic carbocycles. The molecular formula is C17H19NO2. The van der Waals surface area contributed by atoms with Crippen LogP contribution in [-0.4, -0.2) is 11.1 Å². The Hall–Kier alpha value is -2.13. The summed E-state index contributed by atoms with van der Waals surface area (Å²) in [5.41, 5.74) is 3.25. The average Bonchev–Trinajstić information content (AvgIpc) is 2.48. The van der Waals surface area contributed by atoms with E-state index in [4.69, 9.17) is 5.11 Å². The first kappa shape index (κ1) is 14.3. The van der Waals surface area contributed by atoms with Crippen LogP contribution in [0.1, 0.15) is 29.5 Å². The summed E-state index contributed by atoms with van der Waals surface area (Å²) in [5, 5.41) is 12.3. The van der Waals surface area contributed by atoms with Crippen molar-refractivity contribution in [3.05, 3.63) is 71.3 Å². The number of nitrogens with one attached hydrogen (secondary N) is 1. The average molecular weight is 269 g/mol. The van der Waals surface area contributed by atoms with Crippen molar-refractivity contribution in [2.24, 2.45) is 0 Å². The van der Waals surface area contributed by atoms with Crippen LogP contribution in [0.15, 0.2) is 54.6 Å². The highest BCUT2D eigenvalue weighted by atomic mass is 16.4. The van der Waals surface area contributed by atoms with Gasteiger partial charge in [0.25, 0.3) is 0 Å². The molecule has 2 N–H and O–H groups in total. The second kappa shape index (κ2) is 6.87. The van der Waals surface area contributed by atoms with E-state index in [2.05, 4.69) is 17.4 Å². The van der Waals surface area contributed by atoms with Crippen molar-refractivity contribution < 1.29 is 9.90 Å². The SMILES string of the molecule is CC(C(=O)O)c1ccc(CNCc2ccccc2)cc1. The van der Waals surface area contributed by atoms with Crippen LogP contribution in [0.2, 0.25) is 0 Å². The topological polar surface area (TPSA) is 49.3 Å². The summed E-state index contributed by atoms with van der Waals surface area (Å²) in [6.45, 7) is 3.30. The molecule has 0 saturated carbocycles. The summed E-state index contributed by atoms with van der Waals surface area (Å²) < 4.78 is 0. The van der Waals surface area contributed by atoms with Crippen LogP contribution in [-0.2, 0) is 17.9 Å². The maximum Gasteiger partial charge on any atom is 0.310 e. The Morgan fingerprint density at radius 2 is 1.55 bits per heavy atom. The molecule has 0 aliphatic heterocycles. The first-order chi connectivity index (χ1) is 9.66. The second-order valence-electron chi connectivity index (χ2n) is 4.89. The number of carboxylic acids is 1. The molecule has 0 radical (unpaired) electrons. The minimum absolute atomic E-state index is 0.457. The van der Waals surface area contributed by atoms with E-state index in [-0.39, 0.29) is 0 Å². The minimum atomic E-state index is -0.792. The lowest BCUT2D eigenvalue weighted by molar-refractivity contribution is -0.138. The van der Waals surface area contributed by atoms with Gasteiger partial charge in [-0.05, 0) is 23.6 Å². The molecule has 2 aromatic rings. The third-order valence-electron chi connectivity index (χ3n) is 3.35. The number of benzene rings is 2. The minimum Gasteiger partial charge on any atom is -0.481 e. The smallest absolute Gasteiger partial charge is 0.310 e. The van der Waals surface area contributed by atoms with Gasteiger partial charge in [0.15, 0.2) is 0 Å². The van der Waals surface area contributed by atoms with Gasteiger partial charge in [0.1, 0.15) is 0 Å². The highest BCUT2D eigenvalue weighted by Crippen LogP contribution is 2.16. The quantitative estimate of drug-likeness (QED) is 0.847. The van der Waals surface area contributed by atoms with Gasteiger partial charge in [-0.1, -0.05) is 54.6 Å². The van der Waals surface area contributed by atoms with Crippen LogP contribution in [0.3, 0.4) is 0 Å². The summed E-state index contributed by atoms with van der Waals surface area (Å²) >= 11 is 0. The Morgan fingerprint density at radius 1 is 1.00 bits per heavy atom. The molecule has 0 aliphatic rings. The molecule has 1 unspecified atom stereocenters. The molecule has 0 bridgehead atoms. The Balaban J connectivity index is 1.86. The molecule has 3 heteroatoms. The van der Waals surface area contributed by atoms with Gasteiger partial charge in [0.05, 0.1) is 5.92 Å². The van der Waals surface area contributed by atoms with Gasteiger partial charge in [-0.15, -0.1) is 0 Å². The van der Waals surface area contributed by atoms with Gasteiger partial charge in [0, 0.05) is 13.1 Å². The molecule has 0 saturated heterocycles. The van der Waals surface area contributed by atoms with Gasteiger partial charge in [0.2, 0.25) is 0 Å². The summed E-state index contributed by atoms with van der Waals surface area (Å²) in [5.74, 6) is -1.25. The lowest BCUT2D eigenvalue weighted by Crippen LogP contribution is -2.13. The number of hydrogen-bond donors (Lipinski definition) is 2. The lowest BCUT2D eigenvalue weighted by Gasteiger charge is -2.09. The van der Waals surface area contributed by atoms with E-state index in [0.29, 0.717) is 0 Å². The third kappa shape index (κ3) is 3.93. The van der Waals surface area contributed by atoms with E-state index in [9.17, 15) is 4.79 Å². The van der Waals surface area contributed by atoms with Crippen LogP contribution < -0.4 is 5.32 Å². The number of rotatable bonds is 6. The number of carbonyl (C=O) groups is 1. The maximum atomic E-state index is 10.9. The Kier molecular flexibility index (Phi) is 4.91. The Labute approximate surface area is 119 Å². The van der Waals surface area contributed by atoms with E-state index in [0.717, 1.165) is 24.2 Å². The Bertz CT molecular complexity index is 549. The predicted molar refractivity (Wildman–Crippen MR) is 79.5 cm³/mol. The zero-order valence-corrected chi connectivity index (χ0v) is 11.5. The summed E-state index contributed by atoms with van der Waals surface area (Å²) in [6.07, 6.45) is 0. The molecular weight excluding hydrogens is 250 g/mol. The molecule has 2 rings (SSSR count). The van der Waals surface area contributed by atoms with Crippen LogP contribution >= 0.6 is 0 Å². The van der Waals surface area contributed by atoms with Crippen molar-refractivity contribution >= 4 is 5.97 Å². The highest BCUT2D eigenvalue weighted by molar-refractivity contribution is 5.75. The molecule has 1 atom stereocenters. The highest BCUT2D eigenvalue weighted by Gasteiger charge is 2.12. The van der Waals surface area contributed by atoms with Gasteiger partial charge < -0.3 is 10.4 Å². The zero-order valence-electron chi connectivity index (χ0n) is 11.5. The van der Waals surface area contributed by atoms with Crippen LogP contribution in [0.4, 0.5) is 0 Å². The van der Waals surface area contributed by atoms with Crippen LogP contribution in [0, 0.1) is 0 Å². The fraction of sp³-hybridized carbons (Fsp3) is 0.235. The van der Waals surface area contributed by atoms with Crippen molar-refractivity contribution in [2.75, 3.05) is 0 Å². The normalized spacial score (nSPS) is 12.1. The fourth-order valence-corrected chi connectivity index (χ4v) is 2.01. The molecule has 0 spiro atoms. The van der Waals surface area contributed by atoms with Crippen molar-refractivity contribution in [2.45, 2.75) is 25.9 Å². The molecule has 0 amide bonds. The lowest BCUT2D eigenvalue weighted by atomic mass is 10.00. The first-order valence-corrected chi connectivity index (χ1v) is 6.73. The van der Waals surface area contributed by atoms with E-state index < -0.39 is 11.9 Å². The van der Waals surface area contributed by atoms with Crippen molar-refractivity contribution in [3.63, 3.8) is 0 Å².